The summed E-state index contributed by atoms with van der Waals surface area (Å²) in [7, 11) is 1.76. The van der Waals surface area contributed by atoms with E-state index in [0.29, 0.717) is 17.5 Å². The molecule has 2 aromatic carbocycles. The van der Waals surface area contributed by atoms with Crippen LogP contribution in [0.3, 0.4) is 0 Å². The zero-order chi connectivity index (χ0) is 23.2. The highest BCUT2D eigenvalue weighted by Gasteiger charge is 2.20. The maximum absolute atomic E-state index is 13.2. The molecule has 0 saturated carbocycles. The van der Waals surface area contributed by atoms with Gasteiger partial charge in [-0.2, -0.15) is 0 Å². The highest BCUT2D eigenvalue weighted by atomic mass is 32.2. The molecule has 1 unspecified atom stereocenters. The number of carbonyl (C=O) groups excluding carboxylic acids is 1. The van der Waals surface area contributed by atoms with Crippen LogP contribution in [0.5, 0.6) is 0 Å². The first-order chi connectivity index (χ1) is 16.0. The molecule has 0 N–H and O–H groups in total. The Bertz CT molecular complexity index is 1200. The van der Waals surface area contributed by atoms with Crippen molar-refractivity contribution in [2.45, 2.75) is 24.7 Å². The van der Waals surface area contributed by atoms with E-state index in [2.05, 4.69) is 15.2 Å². The molecule has 0 aliphatic carbocycles. The number of thioether (sulfide) groups is 1. The Hall–Kier alpha value is -3.52. The van der Waals surface area contributed by atoms with Gasteiger partial charge < -0.3 is 4.90 Å². The average molecular weight is 462 g/mol. The Morgan fingerprint density at radius 2 is 1.82 bits per heavy atom. The number of hydrogen-bond acceptors (Lipinski definition) is 5. The Morgan fingerprint density at radius 3 is 2.52 bits per heavy atom. The Morgan fingerprint density at radius 1 is 1.06 bits per heavy atom. The number of pyridine rings is 1. The maximum Gasteiger partial charge on any atom is 0.233 e. The molecule has 2 heterocycles. The van der Waals surface area contributed by atoms with E-state index in [-0.39, 0.29) is 23.5 Å². The second-order valence-electron chi connectivity index (χ2n) is 7.64. The quantitative estimate of drug-likeness (QED) is 0.352. The molecule has 0 radical (unpaired) electrons. The highest BCUT2D eigenvalue weighted by molar-refractivity contribution is 7.99. The van der Waals surface area contributed by atoms with Crippen molar-refractivity contribution in [1.29, 1.82) is 0 Å². The molecular weight excluding hydrogens is 437 g/mol. The van der Waals surface area contributed by atoms with Gasteiger partial charge in [-0.25, -0.2) is 4.39 Å². The lowest BCUT2D eigenvalue weighted by Crippen LogP contribution is -2.31. The molecule has 1 amide bonds. The fourth-order valence-corrected chi connectivity index (χ4v) is 4.28. The number of hydrogen-bond donors (Lipinski definition) is 0. The molecule has 0 fully saturated rings. The minimum atomic E-state index is -0.294. The third kappa shape index (κ3) is 5.46. The minimum Gasteiger partial charge on any atom is -0.338 e. The number of rotatable bonds is 8. The summed E-state index contributed by atoms with van der Waals surface area (Å²) < 4.78 is 15.2. The molecule has 168 valence electrons. The summed E-state index contributed by atoms with van der Waals surface area (Å²) in [6.07, 6.45) is 3.47. The van der Waals surface area contributed by atoms with Gasteiger partial charge in [0.1, 0.15) is 5.82 Å². The van der Waals surface area contributed by atoms with Gasteiger partial charge in [0, 0.05) is 25.0 Å². The Labute approximate surface area is 196 Å². The Kier molecular flexibility index (Phi) is 7.14. The third-order valence-electron chi connectivity index (χ3n) is 5.47. The second-order valence-corrected chi connectivity index (χ2v) is 8.58. The normalized spacial score (nSPS) is 11.8. The molecule has 2 aromatic heterocycles. The maximum atomic E-state index is 13.2. The molecule has 0 spiro atoms. The van der Waals surface area contributed by atoms with Gasteiger partial charge >= 0.3 is 0 Å². The molecule has 0 aliphatic heterocycles. The number of benzene rings is 2. The molecule has 4 rings (SSSR count). The van der Waals surface area contributed by atoms with E-state index in [9.17, 15) is 9.18 Å². The van der Waals surface area contributed by atoms with E-state index < -0.39 is 0 Å². The number of aromatic nitrogens is 4. The van der Waals surface area contributed by atoms with Crippen LogP contribution in [0.25, 0.3) is 11.4 Å². The first-order valence-electron chi connectivity index (χ1n) is 10.5. The van der Waals surface area contributed by atoms with Crippen LogP contribution < -0.4 is 0 Å². The second kappa shape index (κ2) is 10.4. The lowest BCUT2D eigenvalue weighted by molar-refractivity contribution is -0.128. The van der Waals surface area contributed by atoms with Crippen molar-refractivity contribution in [3.63, 3.8) is 0 Å². The largest absolute Gasteiger partial charge is 0.338 e. The van der Waals surface area contributed by atoms with Crippen molar-refractivity contribution in [3.05, 3.63) is 96.1 Å². The van der Waals surface area contributed by atoms with Crippen LogP contribution in [-0.4, -0.2) is 43.4 Å². The first kappa shape index (κ1) is 22.7. The average Bonchev–Trinajstić information content (AvgIpc) is 3.25. The van der Waals surface area contributed by atoms with Crippen LogP contribution in [0, 0.1) is 5.82 Å². The number of halogens is 1. The van der Waals surface area contributed by atoms with Crippen LogP contribution >= 0.6 is 11.8 Å². The molecule has 0 saturated heterocycles. The predicted molar refractivity (Wildman–Crippen MR) is 127 cm³/mol. The van der Waals surface area contributed by atoms with E-state index >= 15 is 0 Å². The summed E-state index contributed by atoms with van der Waals surface area (Å²) in [5.74, 6) is 0.573. The van der Waals surface area contributed by atoms with Crippen LogP contribution in [0.15, 0.2) is 84.3 Å². The SMILES string of the molecule is CC(c1ccc(F)cc1)N(C)C(=O)CSc1nnc(-c2cccnc2)n1Cc1ccccc1. The molecule has 1 atom stereocenters. The fourth-order valence-electron chi connectivity index (χ4n) is 3.42. The van der Waals surface area contributed by atoms with E-state index in [0.717, 1.165) is 16.7 Å². The predicted octanol–water partition coefficient (Wildman–Crippen LogP) is 4.84. The van der Waals surface area contributed by atoms with Crippen molar-refractivity contribution < 1.29 is 9.18 Å². The van der Waals surface area contributed by atoms with Crippen molar-refractivity contribution in [1.82, 2.24) is 24.6 Å². The van der Waals surface area contributed by atoms with Gasteiger partial charge in [-0.05, 0) is 42.3 Å². The lowest BCUT2D eigenvalue weighted by Gasteiger charge is -2.25. The van der Waals surface area contributed by atoms with Gasteiger partial charge in [0.2, 0.25) is 5.91 Å². The van der Waals surface area contributed by atoms with Crippen LogP contribution in [0.2, 0.25) is 0 Å². The molecule has 8 heteroatoms. The molecule has 6 nitrogen and oxygen atoms in total. The van der Waals surface area contributed by atoms with Crippen LogP contribution in [0.1, 0.15) is 24.1 Å². The van der Waals surface area contributed by atoms with Gasteiger partial charge in [0.25, 0.3) is 0 Å². The van der Waals surface area contributed by atoms with Crippen LogP contribution in [-0.2, 0) is 11.3 Å². The highest BCUT2D eigenvalue weighted by Crippen LogP contribution is 2.26. The first-order valence-corrected chi connectivity index (χ1v) is 11.5. The summed E-state index contributed by atoms with van der Waals surface area (Å²) in [6, 6.07) is 19.9. The summed E-state index contributed by atoms with van der Waals surface area (Å²) in [6.45, 7) is 2.50. The summed E-state index contributed by atoms with van der Waals surface area (Å²) >= 11 is 1.35. The number of nitrogens with zero attached hydrogens (tertiary/aromatic N) is 5. The van der Waals surface area contributed by atoms with Crippen LogP contribution in [0.4, 0.5) is 4.39 Å². The van der Waals surface area contributed by atoms with Crippen molar-refractivity contribution >= 4 is 17.7 Å². The number of amides is 1. The van der Waals surface area contributed by atoms with E-state index in [1.807, 2.05) is 54.0 Å². The zero-order valence-electron chi connectivity index (χ0n) is 18.4. The summed E-state index contributed by atoms with van der Waals surface area (Å²) in [4.78, 5) is 18.8. The molecular formula is C25H24FN5OS. The van der Waals surface area contributed by atoms with Crippen molar-refractivity contribution in [3.8, 4) is 11.4 Å². The zero-order valence-corrected chi connectivity index (χ0v) is 19.2. The standard InChI is InChI=1S/C25H24FN5OS/c1-18(20-10-12-22(26)13-11-20)30(2)23(32)17-33-25-29-28-24(21-9-6-14-27-15-21)31(25)16-19-7-4-3-5-8-19/h3-15,18H,16-17H2,1-2H3. The van der Waals surface area contributed by atoms with E-state index in [1.54, 1.807) is 36.5 Å². The molecule has 0 aliphatic rings. The summed E-state index contributed by atoms with van der Waals surface area (Å²) in [5.41, 5.74) is 2.85. The monoisotopic (exact) mass is 461 g/mol. The van der Waals surface area contributed by atoms with Crippen molar-refractivity contribution in [2.75, 3.05) is 12.8 Å². The smallest absolute Gasteiger partial charge is 0.233 e. The molecule has 4 aromatic rings. The van der Waals surface area contributed by atoms with E-state index in [4.69, 9.17) is 0 Å². The van der Waals surface area contributed by atoms with Gasteiger partial charge in [-0.15, -0.1) is 10.2 Å². The van der Waals surface area contributed by atoms with Gasteiger partial charge in [0.05, 0.1) is 18.3 Å². The van der Waals surface area contributed by atoms with Gasteiger partial charge in [0.15, 0.2) is 11.0 Å². The van der Waals surface area contributed by atoms with E-state index in [1.165, 1.54) is 23.9 Å². The van der Waals surface area contributed by atoms with Crippen molar-refractivity contribution in [2.24, 2.45) is 0 Å². The molecule has 33 heavy (non-hydrogen) atoms. The molecule has 0 bridgehead atoms. The number of carbonyl (C=O) groups is 1. The van der Waals surface area contributed by atoms with Gasteiger partial charge in [-0.3, -0.25) is 14.3 Å². The fraction of sp³-hybridized carbons (Fsp3) is 0.200. The lowest BCUT2D eigenvalue weighted by atomic mass is 10.1. The third-order valence-corrected chi connectivity index (χ3v) is 6.42. The topological polar surface area (TPSA) is 63.9 Å². The minimum absolute atomic E-state index is 0.0472. The van der Waals surface area contributed by atoms with Gasteiger partial charge in [-0.1, -0.05) is 54.2 Å². The summed E-state index contributed by atoms with van der Waals surface area (Å²) in [5, 5.41) is 9.42. The Balaban J connectivity index is 1.52.